The Morgan fingerprint density at radius 2 is 2.11 bits per heavy atom. The van der Waals surface area contributed by atoms with Gasteiger partial charge in [-0.15, -0.1) is 0 Å². The van der Waals surface area contributed by atoms with Crippen molar-refractivity contribution < 1.29 is 5.11 Å². The van der Waals surface area contributed by atoms with Gasteiger partial charge in [0.1, 0.15) is 6.10 Å². The number of rotatable bonds is 2. The number of benzene rings is 1. The summed E-state index contributed by atoms with van der Waals surface area (Å²) in [6.07, 6.45) is 1.08. The number of aromatic nitrogens is 1. The van der Waals surface area contributed by atoms with Gasteiger partial charge in [-0.3, -0.25) is 4.98 Å². The van der Waals surface area contributed by atoms with Crippen LogP contribution in [0.2, 0.25) is 0 Å². The highest BCUT2D eigenvalue weighted by atomic mass is 79.9. The third kappa shape index (κ3) is 2.07. The number of nitrogens with zero attached hydrogens (tertiary/aromatic N) is 1. The molecule has 0 radical (unpaired) electrons. The van der Waals surface area contributed by atoms with E-state index < -0.39 is 6.10 Å². The van der Waals surface area contributed by atoms with E-state index in [9.17, 15) is 5.11 Å². The molecule has 3 rings (SSSR count). The first-order valence-electron chi connectivity index (χ1n) is 5.86. The van der Waals surface area contributed by atoms with Gasteiger partial charge in [-0.2, -0.15) is 0 Å². The molecule has 2 atom stereocenters. The summed E-state index contributed by atoms with van der Waals surface area (Å²) in [5, 5.41) is 13.8. The zero-order valence-electron chi connectivity index (χ0n) is 9.68. The summed E-state index contributed by atoms with van der Waals surface area (Å²) < 4.78 is 0.915. The molecule has 2 heterocycles. The van der Waals surface area contributed by atoms with Gasteiger partial charge in [-0.25, -0.2) is 0 Å². The maximum absolute atomic E-state index is 10.4. The Hall–Kier alpha value is -1.23. The standard InChI is InChI=1S/C14H13BrN2O/c15-10-5-6-12(16-8-10)14(18)13-11-4-2-1-3-9(11)7-17-13/h1-6,8,13-14,17-18H,7H2. The molecule has 18 heavy (non-hydrogen) atoms. The van der Waals surface area contributed by atoms with Gasteiger partial charge in [-0.05, 0) is 39.2 Å². The summed E-state index contributed by atoms with van der Waals surface area (Å²) in [5.74, 6) is 0. The van der Waals surface area contributed by atoms with Crippen molar-refractivity contribution in [2.45, 2.75) is 18.7 Å². The van der Waals surface area contributed by atoms with Crippen LogP contribution in [0.15, 0.2) is 47.1 Å². The second kappa shape index (κ2) is 4.80. The average molecular weight is 305 g/mol. The van der Waals surface area contributed by atoms with Crippen molar-refractivity contribution in [3.63, 3.8) is 0 Å². The molecule has 2 aromatic rings. The van der Waals surface area contributed by atoms with Crippen molar-refractivity contribution in [3.05, 3.63) is 63.9 Å². The summed E-state index contributed by atoms with van der Waals surface area (Å²) in [7, 11) is 0. The molecular weight excluding hydrogens is 292 g/mol. The smallest absolute Gasteiger partial charge is 0.115 e. The third-order valence-corrected chi connectivity index (χ3v) is 3.74. The fourth-order valence-corrected chi connectivity index (χ4v) is 2.58. The van der Waals surface area contributed by atoms with E-state index in [2.05, 4.69) is 38.4 Å². The number of aliphatic hydroxyl groups is 1. The second-order valence-electron chi connectivity index (χ2n) is 4.40. The van der Waals surface area contributed by atoms with Crippen molar-refractivity contribution in [1.82, 2.24) is 10.3 Å². The molecule has 0 saturated carbocycles. The van der Waals surface area contributed by atoms with Gasteiger partial charge < -0.3 is 10.4 Å². The normalized spacial score (nSPS) is 19.6. The fourth-order valence-electron chi connectivity index (χ4n) is 2.34. The van der Waals surface area contributed by atoms with Crippen LogP contribution in [-0.2, 0) is 6.54 Å². The largest absolute Gasteiger partial charge is 0.385 e. The van der Waals surface area contributed by atoms with Crippen molar-refractivity contribution in [2.75, 3.05) is 0 Å². The maximum Gasteiger partial charge on any atom is 0.115 e. The van der Waals surface area contributed by atoms with Crippen LogP contribution in [0.25, 0.3) is 0 Å². The van der Waals surface area contributed by atoms with Gasteiger partial charge in [0.15, 0.2) is 0 Å². The van der Waals surface area contributed by atoms with Gasteiger partial charge in [0.2, 0.25) is 0 Å². The van der Waals surface area contributed by atoms with Crippen molar-refractivity contribution >= 4 is 15.9 Å². The molecule has 0 saturated heterocycles. The maximum atomic E-state index is 10.4. The van der Waals surface area contributed by atoms with Crippen LogP contribution in [-0.4, -0.2) is 10.1 Å². The highest BCUT2D eigenvalue weighted by molar-refractivity contribution is 9.10. The predicted octanol–water partition coefficient (Wildman–Crippen LogP) is 2.72. The number of fused-ring (bicyclic) bond motifs is 1. The predicted molar refractivity (Wildman–Crippen MR) is 72.9 cm³/mol. The topological polar surface area (TPSA) is 45.2 Å². The minimum Gasteiger partial charge on any atom is -0.385 e. The molecule has 0 fully saturated rings. The van der Waals surface area contributed by atoms with Crippen molar-refractivity contribution in [1.29, 1.82) is 0 Å². The van der Waals surface area contributed by atoms with Crippen LogP contribution < -0.4 is 5.32 Å². The molecule has 3 nitrogen and oxygen atoms in total. The van der Waals surface area contributed by atoms with Crippen LogP contribution in [0.3, 0.4) is 0 Å². The SMILES string of the molecule is OC(c1ccc(Br)cn1)C1NCc2ccccc21. The van der Waals surface area contributed by atoms with Crippen LogP contribution in [0.5, 0.6) is 0 Å². The van der Waals surface area contributed by atoms with Gasteiger partial charge in [-0.1, -0.05) is 24.3 Å². The fraction of sp³-hybridized carbons (Fsp3) is 0.214. The molecule has 1 aromatic carbocycles. The summed E-state index contributed by atoms with van der Waals surface area (Å²) in [4.78, 5) is 4.26. The highest BCUT2D eigenvalue weighted by Crippen LogP contribution is 2.34. The number of nitrogens with one attached hydrogen (secondary N) is 1. The number of halogens is 1. The number of pyridine rings is 1. The zero-order chi connectivity index (χ0) is 12.5. The molecule has 1 aliphatic rings. The Bertz CT molecular complexity index is 556. The number of hydrogen-bond acceptors (Lipinski definition) is 3. The first kappa shape index (κ1) is 11.8. The van der Waals surface area contributed by atoms with Crippen LogP contribution in [0.1, 0.15) is 29.0 Å². The summed E-state index contributed by atoms with van der Waals surface area (Å²) in [6, 6.07) is 11.8. The Labute approximate surface area is 114 Å². The number of aliphatic hydroxyl groups excluding tert-OH is 1. The summed E-state index contributed by atoms with van der Waals surface area (Å²) >= 11 is 3.34. The molecule has 0 bridgehead atoms. The molecule has 0 amide bonds. The zero-order valence-corrected chi connectivity index (χ0v) is 11.3. The summed E-state index contributed by atoms with van der Waals surface area (Å²) in [5.41, 5.74) is 3.10. The lowest BCUT2D eigenvalue weighted by molar-refractivity contribution is 0.129. The molecule has 2 N–H and O–H groups in total. The first-order valence-corrected chi connectivity index (χ1v) is 6.66. The van der Waals surface area contributed by atoms with E-state index in [1.165, 1.54) is 5.56 Å². The molecule has 2 unspecified atom stereocenters. The lowest BCUT2D eigenvalue weighted by atomic mass is 9.99. The van der Waals surface area contributed by atoms with E-state index in [0.717, 1.165) is 16.6 Å². The second-order valence-corrected chi connectivity index (χ2v) is 5.32. The van der Waals surface area contributed by atoms with Crippen LogP contribution in [0, 0.1) is 0 Å². The molecule has 0 aliphatic carbocycles. The molecule has 1 aliphatic heterocycles. The molecule has 92 valence electrons. The van der Waals surface area contributed by atoms with Crippen molar-refractivity contribution in [2.24, 2.45) is 0 Å². The van der Waals surface area contributed by atoms with Gasteiger partial charge in [0.25, 0.3) is 0 Å². The average Bonchev–Trinajstić information content (AvgIpc) is 2.82. The molecular formula is C14H13BrN2O. The first-order chi connectivity index (χ1) is 8.75. The van der Waals surface area contributed by atoms with Gasteiger partial charge in [0.05, 0.1) is 11.7 Å². The van der Waals surface area contributed by atoms with E-state index in [1.807, 2.05) is 24.3 Å². The Balaban J connectivity index is 1.90. The Morgan fingerprint density at radius 3 is 2.89 bits per heavy atom. The Kier molecular flexibility index (Phi) is 3.16. The lowest BCUT2D eigenvalue weighted by Crippen LogP contribution is -2.21. The molecule has 4 heteroatoms. The molecule has 0 spiro atoms. The van der Waals surface area contributed by atoms with Gasteiger partial charge in [0, 0.05) is 17.2 Å². The van der Waals surface area contributed by atoms with E-state index in [0.29, 0.717) is 5.69 Å². The number of hydrogen-bond donors (Lipinski definition) is 2. The third-order valence-electron chi connectivity index (χ3n) is 3.27. The molecule has 1 aromatic heterocycles. The van der Waals surface area contributed by atoms with E-state index >= 15 is 0 Å². The highest BCUT2D eigenvalue weighted by Gasteiger charge is 2.29. The lowest BCUT2D eigenvalue weighted by Gasteiger charge is -2.19. The van der Waals surface area contributed by atoms with E-state index in [1.54, 1.807) is 6.20 Å². The Morgan fingerprint density at radius 1 is 1.28 bits per heavy atom. The van der Waals surface area contributed by atoms with E-state index in [-0.39, 0.29) is 6.04 Å². The summed E-state index contributed by atoms with van der Waals surface area (Å²) in [6.45, 7) is 0.800. The van der Waals surface area contributed by atoms with Crippen LogP contribution >= 0.6 is 15.9 Å². The van der Waals surface area contributed by atoms with Crippen LogP contribution in [0.4, 0.5) is 0 Å². The quantitative estimate of drug-likeness (QED) is 0.897. The van der Waals surface area contributed by atoms with Gasteiger partial charge >= 0.3 is 0 Å². The van der Waals surface area contributed by atoms with E-state index in [4.69, 9.17) is 0 Å². The monoisotopic (exact) mass is 304 g/mol. The van der Waals surface area contributed by atoms with Crippen molar-refractivity contribution in [3.8, 4) is 0 Å². The minimum absolute atomic E-state index is 0.0742. The minimum atomic E-state index is -0.623.